The van der Waals surface area contributed by atoms with E-state index in [2.05, 4.69) is 5.32 Å². The number of rotatable bonds is 3. The Morgan fingerprint density at radius 2 is 1.94 bits per heavy atom. The predicted molar refractivity (Wildman–Crippen MR) is 110 cm³/mol. The number of fused-ring (bicyclic) bond motifs is 3. The van der Waals surface area contributed by atoms with Crippen molar-refractivity contribution in [2.45, 2.75) is 24.1 Å². The average molecular weight is 447 g/mol. The van der Waals surface area contributed by atoms with Crippen LogP contribution in [0.3, 0.4) is 0 Å². The Hall–Kier alpha value is -2.68. The largest absolute Gasteiger partial charge is 0.507 e. The van der Waals surface area contributed by atoms with Crippen LogP contribution in [0.4, 0.5) is 5.69 Å². The fourth-order valence-corrected chi connectivity index (χ4v) is 5.75. The van der Waals surface area contributed by atoms with Gasteiger partial charge in [0.15, 0.2) is 34.7 Å². The summed E-state index contributed by atoms with van der Waals surface area (Å²) in [5, 5.41) is 13.3. The van der Waals surface area contributed by atoms with Crippen LogP contribution in [0.15, 0.2) is 18.2 Å². The molecule has 11 heteroatoms. The maximum atomic E-state index is 13.7. The second kappa shape index (κ2) is 7.19. The molecule has 0 radical (unpaired) electrons. The van der Waals surface area contributed by atoms with Gasteiger partial charge in [-0.25, -0.2) is 0 Å². The zero-order valence-electron chi connectivity index (χ0n) is 16.8. The van der Waals surface area contributed by atoms with Gasteiger partial charge in [0.2, 0.25) is 5.91 Å². The van der Waals surface area contributed by atoms with Crippen LogP contribution in [0.1, 0.15) is 16.8 Å². The molecule has 2 fully saturated rings. The van der Waals surface area contributed by atoms with Gasteiger partial charge in [-0.05, 0) is 32.6 Å². The molecular formula is C20H22N3O7P. The van der Waals surface area contributed by atoms with E-state index >= 15 is 0 Å². The summed E-state index contributed by atoms with van der Waals surface area (Å²) >= 11 is 0. The van der Waals surface area contributed by atoms with Gasteiger partial charge in [0.25, 0.3) is 0 Å². The van der Waals surface area contributed by atoms with Gasteiger partial charge in [-0.2, -0.15) is 0 Å². The van der Waals surface area contributed by atoms with Gasteiger partial charge >= 0.3 is 0 Å². The summed E-state index contributed by atoms with van der Waals surface area (Å²) in [4.78, 5) is 66.9. The van der Waals surface area contributed by atoms with E-state index in [9.17, 15) is 29.1 Å². The molecule has 1 aliphatic heterocycles. The smallest absolute Gasteiger partial charge is 0.235 e. The fraction of sp³-hybridized carbons (Fsp3) is 0.450. The van der Waals surface area contributed by atoms with Crippen LogP contribution in [-0.4, -0.2) is 70.8 Å². The number of benzene rings is 1. The number of phenols is 1. The quantitative estimate of drug-likeness (QED) is 0.403. The first-order valence-electron chi connectivity index (χ1n) is 9.66. The summed E-state index contributed by atoms with van der Waals surface area (Å²) in [6.45, 7) is 0. The monoisotopic (exact) mass is 447 g/mol. The highest BCUT2D eigenvalue weighted by molar-refractivity contribution is 7.10. The van der Waals surface area contributed by atoms with Crippen molar-refractivity contribution in [2.75, 3.05) is 19.4 Å². The molecule has 2 aliphatic carbocycles. The SMILES string of the molecule is CN(C)[C@@H]1C(=O)C(C(N)=O)C(=O)[C@@]2(OP)C(=O)C3C(=O)c4c(O)cccc4N[C@H]3C[C@@H]12. The molecule has 1 amide bonds. The molecule has 7 atom stereocenters. The van der Waals surface area contributed by atoms with E-state index in [0.29, 0.717) is 5.69 Å². The summed E-state index contributed by atoms with van der Waals surface area (Å²) in [5.74, 6) is -8.89. The Kier molecular flexibility index (Phi) is 4.99. The minimum absolute atomic E-state index is 0.0515. The molecule has 4 rings (SSSR count). The molecule has 4 N–H and O–H groups in total. The van der Waals surface area contributed by atoms with Crippen molar-refractivity contribution in [1.82, 2.24) is 4.90 Å². The van der Waals surface area contributed by atoms with E-state index in [4.69, 9.17) is 10.3 Å². The van der Waals surface area contributed by atoms with Crippen LogP contribution >= 0.6 is 9.47 Å². The molecule has 0 saturated heterocycles. The number of primary amides is 1. The number of nitrogens with zero attached hydrogens (tertiary/aromatic N) is 1. The number of hydrogen-bond acceptors (Lipinski definition) is 9. The molecule has 1 aromatic carbocycles. The average Bonchev–Trinajstić information content (AvgIpc) is 2.67. The number of anilines is 1. The second-order valence-corrected chi connectivity index (χ2v) is 8.60. The fourth-order valence-electron chi connectivity index (χ4n) is 5.35. The minimum atomic E-state index is -2.21. The van der Waals surface area contributed by atoms with Crippen molar-refractivity contribution in [2.24, 2.45) is 23.5 Å². The topological polar surface area (TPSA) is 156 Å². The lowest BCUT2D eigenvalue weighted by Gasteiger charge is -2.53. The zero-order chi connectivity index (χ0) is 22.8. The highest BCUT2D eigenvalue weighted by Gasteiger charge is 2.70. The van der Waals surface area contributed by atoms with E-state index < -0.39 is 64.5 Å². The first-order chi connectivity index (χ1) is 14.6. The van der Waals surface area contributed by atoms with Crippen LogP contribution in [-0.2, 0) is 23.7 Å². The summed E-state index contributed by atoms with van der Waals surface area (Å²) < 4.78 is 5.42. The molecule has 0 bridgehead atoms. The molecule has 1 heterocycles. The van der Waals surface area contributed by atoms with E-state index in [0.717, 1.165) is 0 Å². The molecule has 10 nitrogen and oxygen atoms in total. The Labute approximate surface area is 179 Å². The van der Waals surface area contributed by atoms with Crippen molar-refractivity contribution in [3.8, 4) is 5.75 Å². The molecule has 31 heavy (non-hydrogen) atoms. The lowest BCUT2D eigenvalue weighted by Crippen LogP contribution is -2.75. The highest BCUT2D eigenvalue weighted by Crippen LogP contribution is 2.50. The van der Waals surface area contributed by atoms with E-state index in [1.807, 2.05) is 9.47 Å². The number of Topliss-reactive ketones (excluding diaryl/α,β-unsaturated/α-hetero) is 4. The molecular weight excluding hydrogens is 425 g/mol. The zero-order valence-corrected chi connectivity index (χ0v) is 18.0. The van der Waals surface area contributed by atoms with Crippen molar-refractivity contribution >= 4 is 44.2 Å². The van der Waals surface area contributed by atoms with E-state index in [1.54, 1.807) is 26.2 Å². The summed E-state index contributed by atoms with van der Waals surface area (Å²) in [6, 6.07) is 2.75. The highest BCUT2D eigenvalue weighted by atomic mass is 31.0. The Morgan fingerprint density at radius 1 is 1.26 bits per heavy atom. The van der Waals surface area contributed by atoms with Crippen molar-refractivity contribution in [3.63, 3.8) is 0 Å². The van der Waals surface area contributed by atoms with Crippen LogP contribution in [0.5, 0.6) is 5.75 Å². The number of carbonyl (C=O) groups is 5. The Morgan fingerprint density at radius 3 is 2.52 bits per heavy atom. The molecule has 164 valence electrons. The normalized spacial score (nSPS) is 34.6. The molecule has 0 aromatic heterocycles. The van der Waals surface area contributed by atoms with Gasteiger partial charge in [0.05, 0.1) is 11.6 Å². The van der Waals surface area contributed by atoms with Gasteiger partial charge < -0.3 is 20.7 Å². The van der Waals surface area contributed by atoms with Gasteiger partial charge in [0, 0.05) is 27.1 Å². The van der Waals surface area contributed by atoms with Gasteiger partial charge in [-0.15, -0.1) is 0 Å². The summed E-state index contributed by atoms with van der Waals surface area (Å²) in [6.07, 6.45) is 0.0669. The second-order valence-electron chi connectivity index (χ2n) is 8.36. The van der Waals surface area contributed by atoms with E-state index in [1.165, 1.54) is 11.0 Å². The van der Waals surface area contributed by atoms with Crippen molar-refractivity contribution in [1.29, 1.82) is 0 Å². The number of nitrogens with two attached hydrogens (primary N) is 1. The molecule has 0 spiro atoms. The Bertz CT molecular complexity index is 1040. The lowest BCUT2D eigenvalue weighted by atomic mass is 9.55. The number of amides is 1. The van der Waals surface area contributed by atoms with Gasteiger partial charge in [-0.1, -0.05) is 6.07 Å². The van der Waals surface area contributed by atoms with Crippen LogP contribution in [0.25, 0.3) is 0 Å². The summed E-state index contributed by atoms with van der Waals surface area (Å²) in [5.41, 5.74) is 3.45. The van der Waals surface area contributed by atoms with Crippen LogP contribution in [0, 0.1) is 17.8 Å². The van der Waals surface area contributed by atoms with Crippen molar-refractivity contribution < 1.29 is 33.6 Å². The van der Waals surface area contributed by atoms with E-state index in [-0.39, 0.29) is 17.7 Å². The number of likely N-dealkylation sites (N-methyl/N-ethyl adjacent to an activating group) is 1. The molecule has 1 aromatic rings. The maximum Gasteiger partial charge on any atom is 0.235 e. The molecule has 3 unspecified atom stereocenters. The first-order valence-corrected chi connectivity index (χ1v) is 10.1. The number of phenolic OH excluding ortho intramolecular Hbond substituents is 1. The molecule has 2 saturated carbocycles. The third-order valence-electron chi connectivity index (χ3n) is 6.61. The number of ketones is 4. The Balaban J connectivity index is 1.90. The predicted octanol–water partition coefficient (Wildman–Crippen LogP) is -0.697. The van der Waals surface area contributed by atoms with Crippen LogP contribution < -0.4 is 11.1 Å². The standard InChI is InChI=1S/C20H22N3O7P/c1-23(2)14-7-6-9-12(15(25)11-8(22-9)4-3-5-10(11)24)17(27)20(7,30-31)18(28)13(16(14)26)19(21)29/h3-5,7,9,12-14,22,24H,6,31H2,1-2H3,(H2,21,29)/t7-,9-,12?,13?,14-,20-/m0/s1. The number of aromatic hydroxyl groups is 1. The lowest BCUT2D eigenvalue weighted by molar-refractivity contribution is -0.173. The third kappa shape index (κ3) is 2.71. The number of hydrogen-bond donors (Lipinski definition) is 3. The summed E-state index contributed by atoms with van der Waals surface area (Å²) in [7, 11) is 5.05. The third-order valence-corrected chi connectivity index (χ3v) is 6.98. The minimum Gasteiger partial charge on any atom is -0.507 e. The maximum absolute atomic E-state index is 13.7. The van der Waals surface area contributed by atoms with Gasteiger partial charge in [0.1, 0.15) is 11.7 Å². The van der Waals surface area contributed by atoms with Crippen LogP contribution in [0.2, 0.25) is 0 Å². The molecule has 3 aliphatic rings. The van der Waals surface area contributed by atoms with Crippen molar-refractivity contribution in [3.05, 3.63) is 23.8 Å². The number of carbonyl (C=O) groups excluding carboxylic acids is 5. The first kappa shape index (κ1) is 21.5. The van der Waals surface area contributed by atoms with Gasteiger partial charge in [-0.3, -0.25) is 28.9 Å². The number of nitrogens with one attached hydrogen (secondary N) is 1.